The van der Waals surface area contributed by atoms with Crippen molar-refractivity contribution in [3.05, 3.63) is 35.4 Å². The monoisotopic (exact) mass is 218 g/mol. The summed E-state index contributed by atoms with van der Waals surface area (Å²) in [6.45, 7) is 4.22. The van der Waals surface area contributed by atoms with Gasteiger partial charge in [0.15, 0.2) is 0 Å². The molecule has 1 atom stereocenters. The van der Waals surface area contributed by atoms with Gasteiger partial charge >= 0.3 is 6.03 Å². The molecule has 0 saturated carbocycles. The third kappa shape index (κ3) is 1.91. The van der Waals surface area contributed by atoms with Crippen molar-refractivity contribution in [3.63, 3.8) is 0 Å². The van der Waals surface area contributed by atoms with Gasteiger partial charge in [-0.1, -0.05) is 38.1 Å². The van der Waals surface area contributed by atoms with Crippen molar-refractivity contribution in [3.8, 4) is 0 Å². The quantitative estimate of drug-likeness (QED) is 0.742. The van der Waals surface area contributed by atoms with Crippen LogP contribution < -0.4 is 10.6 Å². The Morgan fingerprint density at radius 3 is 2.19 bits per heavy atom. The first-order chi connectivity index (χ1) is 7.58. The Hall–Kier alpha value is -1.84. The van der Waals surface area contributed by atoms with Crippen LogP contribution >= 0.6 is 0 Å². The number of hydrogen-bond donors (Lipinski definition) is 2. The van der Waals surface area contributed by atoms with E-state index in [-0.39, 0.29) is 5.91 Å². The number of urea groups is 1. The highest BCUT2D eigenvalue weighted by molar-refractivity contribution is 6.04. The Morgan fingerprint density at radius 1 is 1.12 bits per heavy atom. The van der Waals surface area contributed by atoms with Crippen molar-refractivity contribution in [1.82, 2.24) is 10.6 Å². The van der Waals surface area contributed by atoms with E-state index in [0.29, 0.717) is 5.92 Å². The SMILES string of the molecule is CC(C)c1ccc([C@@H]2NC(=O)NC2=O)cc1. The van der Waals surface area contributed by atoms with Crippen LogP contribution in [0, 0.1) is 0 Å². The van der Waals surface area contributed by atoms with Crippen molar-refractivity contribution in [2.45, 2.75) is 25.8 Å². The lowest BCUT2D eigenvalue weighted by atomic mass is 9.99. The molecule has 3 amide bonds. The van der Waals surface area contributed by atoms with Crippen molar-refractivity contribution >= 4 is 11.9 Å². The number of imide groups is 1. The maximum absolute atomic E-state index is 11.4. The summed E-state index contributed by atoms with van der Waals surface area (Å²) in [6.07, 6.45) is 0. The van der Waals surface area contributed by atoms with E-state index in [2.05, 4.69) is 24.5 Å². The first-order valence-corrected chi connectivity index (χ1v) is 5.29. The minimum absolute atomic E-state index is 0.290. The summed E-state index contributed by atoms with van der Waals surface area (Å²) in [5.74, 6) is 0.170. The van der Waals surface area contributed by atoms with E-state index >= 15 is 0 Å². The number of rotatable bonds is 2. The number of carbonyl (C=O) groups excluding carboxylic acids is 2. The van der Waals surface area contributed by atoms with Gasteiger partial charge in [-0.2, -0.15) is 0 Å². The van der Waals surface area contributed by atoms with Crippen LogP contribution in [0.15, 0.2) is 24.3 Å². The van der Waals surface area contributed by atoms with Gasteiger partial charge in [0.1, 0.15) is 6.04 Å². The molecule has 16 heavy (non-hydrogen) atoms. The zero-order chi connectivity index (χ0) is 11.7. The summed E-state index contributed by atoms with van der Waals surface area (Å²) in [6, 6.07) is 6.75. The lowest BCUT2D eigenvalue weighted by Gasteiger charge is -2.10. The molecule has 0 radical (unpaired) electrons. The molecule has 2 rings (SSSR count). The normalized spacial score (nSPS) is 19.8. The molecule has 0 aliphatic carbocycles. The highest BCUT2D eigenvalue weighted by atomic mass is 16.2. The molecule has 0 bridgehead atoms. The third-order valence-corrected chi connectivity index (χ3v) is 2.71. The highest BCUT2D eigenvalue weighted by Crippen LogP contribution is 2.20. The second-order valence-corrected chi connectivity index (χ2v) is 4.22. The molecule has 1 aliphatic rings. The van der Waals surface area contributed by atoms with E-state index in [0.717, 1.165) is 5.56 Å². The number of nitrogens with one attached hydrogen (secondary N) is 2. The van der Waals surface area contributed by atoms with Crippen LogP contribution in [-0.4, -0.2) is 11.9 Å². The van der Waals surface area contributed by atoms with Crippen molar-refractivity contribution in [2.24, 2.45) is 0 Å². The first kappa shape index (κ1) is 10.7. The molecule has 4 heteroatoms. The molecule has 2 N–H and O–H groups in total. The van der Waals surface area contributed by atoms with Gasteiger partial charge in [0.25, 0.3) is 5.91 Å². The predicted molar refractivity (Wildman–Crippen MR) is 59.9 cm³/mol. The molecule has 1 aliphatic heterocycles. The highest BCUT2D eigenvalue weighted by Gasteiger charge is 2.30. The molecule has 84 valence electrons. The largest absolute Gasteiger partial charge is 0.322 e. The van der Waals surface area contributed by atoms with Crippen LogP contribution in [0.5, 0.6) is 0 Å². The fourth-order valence-electron chi connectivity index (χ4n) is 1.72. The van der Waals surface area contributed by atoms with Crippen molar-refractivity contribution in [2.75, 3.05) is 0 Å². The Balaban J connectivity index is 2.22. The van der Waals surface area contributed by atoms with Crippen LogP contribution in [0.25, 0.3) is 0 Å². The Bertz CT molecular complexity index is 423. The van der Waals surface area contributed by atoms with Gasteiger partial charge in [0, 0.05) is 0 Å². The zero-order valence-corrected chi connectivity index (χ0v) is 9.28. The smallest absolute Gasteiger partial charge is 0.322 e. The van der Waals surface area contributed by atoms with Crippen LogP contribution in [-0.2, 0) is 4.79 Å². The zero-order valence-electron chi connectivity index (χ0n) is 9.28. The van der Waals surface area contributed by atoms with Crippen LogP contribution in [0.1, 0.15) is 36.9 Å². The molecular formula is C12H14N2O2. The van der Waals surface area contributed by atoms with Crippen molar-refractivity contribution < 1.29 is 9.59 Å². The lowest BCUT2D eigenvalue weighted by Crippen LogP contribution is -2.22. The van der Waals surface area contributed by atoms with Gasteiger partial charge in [-0.25, -0.2) is 4.79 Å². The van der Waals surface area contributed by atoms with E-state index in [1.807, 2.05) is 24.3 Å². The second-order valence-electron chi connectivity index (χ2n) is 4.22. The van der Waals surface area contributed by atoms with E-state index in [4.69, 9.17) is 0 Å². The fourth-order valence-corrected chi connectivity index (χ4v) is 1.72. The first-order valence-electron chi connectivity index (χ1n) is 5.29. The molecule has 0 unspecified atom stereocenters. The average Bonchev–Trinajstić information content (AvgIpc) is 2.58. The maximum Gasteiger partial charge on any atom is 0.322 e. The van der Waals surface area contributed by atoms with Gasteiger partial charge in [-0.15, -0.1) is 0 Å². The summed E-state index contributed by atoms with van der Waals surface area (Å²) in [4.78, 5) is 22.4. The van der Waals surface area contributed by atoms with Gasteiger partial charge in [-0.3, -0.25) is 10.1 Å². The molecule has 1 fully saturated rings. The Labute approximate surface area is 94.0 Å². The molecule has 1 heterocycles. The summed E-state index contributed by atoms with van der Waals surface area (Å²) < 4.78 is 0. The van der Waals surface area contributed by atoms with Gasteiger partial charge in [0.2, 0.25) is 0 Å². The molecule has 1 aromatic carbocycles. The van der Waals surface area contributed by atoms with E-state index < -0.39 is 12.1 Å². The summed E-state index contributed by atoms with van der Waals surface area (Å²) in [5, 5.41) is 4.78. The summed E-state index contributed by atoms with van der Waals surface area (Å²) >= 11 is 0. The molecule has 0 aromatic heterocycles. The summed E-state index contributed by atoms with van der Waals surface area (Å²) in [5.41, 5.74) is 2.03. The van der Waals surface area contributed by atoms with Crippen LogP contribution in [0.4, 0.5) is 4.79 Å². The van der Waals surface area contributed by atoms with Gasteiger partial charge in [-0.05, 0) is 17.0 Å². The fraction of sp³-hybridized carbons (Fsp3) is 0.333. The molecule has 4 nitrogen and oxygen atoms in total. The minimum atomic E-state index is -0.547. The van der Waals surface area contributed by atoms with Gasteiger partial charge in [0.05, 0.1) is 0 Å². The van der Waals surface area contributed by atoms with Crippen LogP contribution in [0.3, 0.4) is 0 Å². The Morgan fingerprint density at radius 2 is 1.75 bits per heavy atom. The van der Waals surface area contributed by atoms with Gasteiger partial charge < -0.3 is 5.32 Å². The molecule has 1 aromatic rings. The summed E-state index contributed by atoms with van der Waals surface area (Å²) in [7, 11) is 0. The van der Waals surface area contributed by atoms with E-state index in [9.17, 15) is 9.59 Å². The molecular weight excluding hydrogens is 204 g/mol. The van der Waals surface area contributed by atoms with E-state index in [1.54, 1.807) is 0 Å². The number of benzene rings is 1. The average molecular weight is 218 g/mol. The lowest BCUT2D eigenvalue weighted by molar-refractivity contribution is -0.120. The van der Waals surface area contributed by atoms with E-state index in [1.165, 1.54) is 5.56 Å². The second kappa shape index (κ2) is 3.96. The topological polar surface area (TPSA) is 58.2 Å². The number of carbonyl (C=O) groups is 2. The maximum atomic E-state index is 11.4. The van der Waals surface area contributed by atoms with Crippen molar-refractivity contribution in [1.29, 1.82) is 0 Å². The number of hydrogen-bond acceptors (Lipinski definition) is 2. The molecule has 1 saturated heterocycles. The molecule has 0 spiro atoms. The van der Waals surface area contributed by atoms with Crippen LogP contribution in [0.2, 0.25) is 0 Å². The number of amides is 3. The third-order valence-electron chi connectivity index (χ3n) is 2.71. The Kier molecular flexibility index (Phi) is 2.64. The minimum Gasteiger partial charge on any atom is -0.322 e. The standard InChI is InChI=1S/C12H14N2O2/c1-7(2)8-3-5-9(6-4-8)10-11(15)14-12(16)13-10/h3-7,10H,1-2H3,(H2,13,14,15,16)/t10-/m0/s1. The predicted octanol–water partition coefficient (Wildman–Crippen LogP) is 1.69.